The van der Waals surface area contributed by atoms with E-state index in [2.05, 4.69) is 16.0 Å². The summed E-state index contributed by atoms with van der Waals surface area (Å²) in [5.41, 5.74) is 5.74. The van der Waals surface area contributed by atoms with Gasteiger partial charge in [0.2, 0.25) is 11.8 Å². The highest BCUT2D eigenvalue weighted by Gasteiger charge is 2.25. The van der Waals surface area contributed by atoms with Crippen molar-refractivity contribution in [3.8, 4) is 0 Å². The number of carbonyl (C=O) groups is 3. The van der Waals surface area contributed by atoms with Gasteiger partial charge in [0.1, 0.15) is 6.04 Å². The molecule has 0 aliphatic rings. The second-order valence-electron chi connectivity index (χ2n) is 5.77. The summed E-state index contributed by atoms with van der Waals surface area (Å²) in [6.45, 7) is 5.33. The lowest BCUT2D eigenvalue weighted by atomic mass is 10.0. The topological polar surface area (TPSA) is 113 Å². The number of rotatable bonds is 7. The van der Waals surface area contributed by atoms with Crippen molar-refractivity contribution in [2.24, 2.45) is 11.7 Å². The fraction of sp³-hybridized carbons (Fsp3) is 0.438. The summed E-state index contributed by atoms with van der Waals surface area (Å²) in [4.78, 5) is 35.1. The summed E-state index contributed by atoms with van der Waals surface area (Å²) in [5, 5.41) is 7.99. The van der Waals surface area contributed by atoms with Gasteiger partial charge in [-0.1, -0.05) is 32.0 Å². The average molecular weight is 320 g/mol. The van der Waals surface area contributed by atoms with Gasteiger partial charge in [-0.25, -0.2) is 4.79 Å². The highest BCUT2D eigenvalue weighted by molar-refractivity contribution is 5.94. The summed E-state index contributed by atoms with van der Waals surface area (Å²) in [7, 11) is 0. The fourth-order valence-corrected chi connectivity index (χ4v) is 2.05. The standard InChI is InChI=1S/C16H24N4O3/c1-10(2)14(15(22)18-11(3)9-13(17)21)20-16(23)19-12-7-5-4-6-8-12/h4-8,10-11,14H,9H2,1-3H3,(H2,17,21)(H,18,22)(H2,19,20,23)/t11-,14+/m1/s1. The number of amides is 4. The molecule has 0 spiro atoms. The zero-order valence-corrected chi connectivity index (χ0v) is 13.6. The van der Waals surface area contributed by atoms with Gasteiger partial charge < -0.3 is 21.7 Å². The quantitative estimate of drug-likeness (QED) is 0.605. The smallest absolute Gasteiger partial charge is 0.319 e. The van der Waals surface area contributed by atoms with Crippen LogP contribution in [0.25, 0.3) is 0 Å². The van der Waals surface area contributed by atoms with Crippen LogP contribution in [0.4, 0.5) is 10.5 Å². The van der Waals surface area contributed by atoms with Gasteiger partial charge >= 0.3 is 6.03 Å². The Labute approximate surface area is 136 Å². The third-order valence-corrected chi connectivity index (χ3v) is 3.16. The summed E-state index contributed by atoms with van der Waals surface area (Å²) >= 11 is 0. The third kappa shape index (κ3) is 6.82. The first-order valence-electron chi connectivity index (χ1n) is 7.50. The number of para-hydroxylation sites is 1. The van der Waals surface area contributed by atoms with Gasteiger partial charge in [0, 0.05) is 18.2 Å². The van der Waals surface area contributed by atoms with Crippen molar-refractivity contribution < 1.29 is 14.4 Å². The Kier molecular flexibility index (Phi) is 7.05. The van der Waals surface area contributed by atoms with Gasteiger partial charge in [0.25, 0.3) is 0 Å². The zero-order chi connectivity index (χ0) is 17.4. The number of primary amides is 1. The second-order valence-corrected chi connectivity index (χ2v) is 5.77. The second kappa shape index (κ2) is 8.77. The largest absolute Gasteiger partial charge is 0.370 e. The normalized spacial score (nSPS) is 13.0. The molecule has 1 rings (SSSR count). The first-order valence-corrected chi connectivity index (χ1v) is 7.50. The Bertz CT molecular complexity index is 546. The lowest BCUT2D eigenvalue weighted by molar-refractivity contribution is -0.124. The molecule has 0 aliphatic carbocycles. The lowest BCUT2D eigenvalue weighted by Gasteiger charge is -2.23. The van der Waals surface area contributed by atoms with Crippen molar-refractivity contribution in [3.63, 3.8) is 0 Å². The molecule has 4 amide bonds. The molecule has 0 bridgehead atoms. The monoisotopic (exact) mass is 320 g/mol. The minimum Gasteiger partial charge on any atom is -0.370 e. The van der Waals surface area contributed by atoms with Crippen LogP contribution in [-0.4, -0.2) is 29.9 Å². The predicted molar refractivity (Wildman–Crippen MR) is 88.6 cm³/mol. The summed E-state index contributed by atoms with van der Waals surface area (Å²) in [6.07, 6.45) is 0.0484. The van der Waals surface area contributed by atoms with Gasteiger partial charge in [-0.05, 0) is 25.0 Å². The number of urea groups is 1. The van der Waals surface area contributed by atoms with Crippen molar-refractivity contribution in [2.75, 3.05) is 5.32 Å². The molecule has 5 N–H and O–H groups in total. The number of hydrogen-bond acceptors (Lipinski definition) is 3. The van der Waals surface area contributed by atoms with E-state index in [0.29, 0.717) is 5.69 Å². The van der Waals surface area contributed by atoms with Crippen molar-refractivity contribution in [3.05, 3.63) is 30.3 Å². The lowest BCUT2D eigenvalue weighted by Crippen LogP contribution is -2.53. The number of nitrogens with one attached hydrogen (secondary N) is 3. The van der Waals surface area contributed by atoms with Gasteiger partial charge in [-0.15, -0.1) is 0 Å². The highest BCUT2D eigenvalue weighted by Crippen LogP contribution is 2.07. The van der Waals surface area contributed by atoms with Crippen molar-refractivity contribution >= 4 is 23.5 Å². The van der Waals surface area contributed by atoms with Gasteiger partial charge in [-0.2, -0.15) is 0 Å². The van der Waals surface area contributed by atoms with Crippen molar-refractivity contribution in [1.82, 2.24) is 10.6 Å². The Morgan fingerprint density at radius 3 is 2.17 bits per heavy atom. The van der Waals surface area contributed by atoms with Crippen LogP contribution >= 0.6 is 0 Å². The molecule has 1 aromatic carbocycles. The minimum atomic E-state index is -0.714. The van der Waals surface area contributed by atoms with Gasteiger partial charge in [-0.3, -0.25) is 9.59 Å². The number of anilines is 1. The average Bonchev–Trinajstić information content (AvgIpc) is 2.44. The molecule has 0 saturated heterocycles. The van der Waals surface area contributed by atoms with Crippen molar-refractivity contribution in [1.29, 1.82) is 0 Å². The number of carbonyl (C=O) groups excluding carboxylic acids is 3. The molecule has 0 aromatic heterocycles. The molecule has 2 atom stereocenters. The molecular formula is C16H24N4O3. The molecule has 0 radical (unpaired) electrons. The summed E-state index contributed by atoms with van der Waals surface area (Å²) in [5.74, 6) is -0.956. The van der Waals surface area contributed by atoms with Crippen LogP contribution in [-0.2, 0) is 9.59 Å². The van der Waals surface area contributed by atoms with Crippen LogP contribution in [0, 0.1) is 5.92 Å². The molecule has 126 valence electrons. The fourth-order valence-electron chi connectivity index (χ4n) is 2.05. The Morgan fingerprint density at radius 2 is 1.65 bits per heavy atom. The predicted octanol–water partition coefficient (Wildman–Crippen LogP) is 1.21. The molecule has 0 heterocycles. The van der Waals surface area contributed by atoms with E-state index < -0.39 is 18.0 Å². The van der Waals surface area contributed by atoms with E-state index in [1.807, 2.05) is 19.9 Å². The van der Waals surface area contributed by atoms with Crippen LogP contribution in [0.5, 0.6) is 0 Å². The van der Waals surface area contributed by atoms with E-state index >= 15 is 0 Å². The van der Waals surface area contributed by atoms with Gasteiger partial charge in [0.05, 0.1) is 0 Å². The molecular weight excluding hydrogens is 296 g/mol. The molecule has 7 nitrogen and oxygen atoms in total. The van der Waals surface area contributed by atoms with E-state index in [1.54, 1.807) is 31.2 Å². The van der Waals surface area contributed by atoms with Crippen molar-refractivity contribution in [2.45, 2.75) is 39.3 Å². The minimum absolute atomic E-state index is 0.0484. The van der Waals surface area contributed by atoms with Crippen LogP contribution in [0.1, 0.15) is 27.2 Å². The van der Waals surface area contributed by atoms with Crippen LogP contribution in [0.3, 0.4) is 0 Å². The maximum Gasteiger partial charge on any atom is 0.319 e. The molecule has 0 unspecified atom stereocenters. The molecule has 7 heteroatoms. The number of benzene rings is 1. The van der Waals surface area contributed by atoms with E-state index in [0.717, 1.165) is 0 Å². The summed E-state index contributed by atoms with van der Waals surface area (Å²) in [6, 6.07) is 7.37. The zero-order valence-electron chi connectivity index (χ0n) is 13.6. The van der Waals surface area contributed by atoms with Gasteiger partial charge in [0.15, 0.2) is 0 Å². The first-order chi connectivity index (χ1) is 10.8. The summed E-state index contributed by atoms with van der Waals surface area (Å²) < 4.78 is 0. The van der Waals surface area contributed by atoms with E-state index in [-0.39, 0.29) is 24.3 Å². The number of hydrogen-bond donors (Lipinski definition) is 4. The molecule has 0 saturated carbocycles. The maximum atomic E-state index is 12.3. The Balaban J connectivity index is 2.61. The molecule has 0 fully saturated rings. The Morgan fingerprint density at radius 1 is 1.04 bits per heavy atom. The van der Waals surface area contributed by atoms with E-state index in [1.165, 1.54) is 0 Å². The van der Waals surface area contributed by atoms with E-state index in [4.69, 9.17) is 5.73 Å². The van der Waals surface area contributed by atoms with Crippen LogP contribution < -0.4 is 21.7 Å². The molecule has 0 aliphatic heterocycles. The number of nitrogens with two attached hydrogens (primary N) is 1. The third-order valence-electron chi connectivity index (χ3n) is 3.16. The molecule has 1 aromatic rings. The molecule has 23 heavy (non-hydrogen) atoms. The highest BCUT2D eigenvalue weighted by atomic mass is 16.2. The van der Waals surface area contributed by atoms with Crippen LogP contribution in [0.15, 0.2) is 30.3 Å². The maximum absolute atomic E-state index is 12.3. The van der Waals surface area contributed by atoms with Crippen LogP contribution in [0.2, 0.25) is 0 Å². The Hall–Kier alpha value is -2.57. The SMILES string of the molecule is CC(C)[C@H](NC(=O)Nc1ccccc1)C(=O)N[C@H](C)CC(N)=O. The first kappa shape index (κ1) is 18.5. The van der Waals surface area contributed by atoms with E-state index in [9.17, 15) is 14.4 Å².